The lowest BCUT2D eigenvalue weighted by molar-refractivity contribution is -0.140. The minimum absolute atomic E-state index is 0.0534. The molecule has 1 heterocycles. The Morgan fingerprint density at radius 2 is 1.80 bits per heavy atom. The number of carbonyl (C=O) groups excluding carboxylic acids is 5. The van der Waals surface area contributed by atoms with Gasteiger partial charge in [0.25, 0.3) is 17.7 Å². The van der Waals surface area contributed by atoms with Gasteiger partial charge in [0.2, 0.25) is 11.8 Å². The number of primary amides is 1. The summed E-state index contributed by atoms with van der Waals surface area (Å²) >= 11 is 0. The predicted molar refractivity (Wildman–Crippen MR) is 92.7 cm³/mol. The van der Waals surface area contributed by atoms with Crippen LogP contribution >= 0.6 is 0 Å². The highest BCUT2D eigenvalue weighted by molar-refractivity contribution is 7.84. The van der Waals surface area contributed by atoms with Crippen LogP contribution < -0.4 is 21.7 Å². The quantitative estimate of drug-likeness (QED) is 0.0875. The van der Waals surface area contributed by atoms with Gasteiger partial charge in [0, 0.05) is 6.08 Å². The van der Waals surface area contributed by atoms with Gasteiger partial charge in [-0.25, -0.2) is 4.31 Å². The van der Waals surface area contributed by atoms with Crippen molar-refractivity contribution < 1.29 is 52.3 Å². The third-order valence-corrected chi connectivity index (χ3v) is 4.44. The van der Waals surface area contributed by atoms with Gasteiger partial charge in [0.1, 0.15) is 17.8 Å². The second-order valence-electron chi connectivity index (χ2n) is 5.76. The first-order valence-corrected chi connectivity index (χ1v) is 9.33. The molecule has 30 heavy (non-hydrogen) atoms. The van der Waals surface area contributed by atoms with Gasteiger partial charge in [-0.2, -0.15) is 8.42 Å². The molecular weight excluding hydrogens is 434 g/mol. The van der Waals surface area contributed by atoms with Gasteiger partial charge in [-0.3, -0.25) is 28.5 Å². The van der Waals surface area contributed by atoms with E-state index in [-0.39, 0.29) is 4.31 Å². The molecule has 0 spiro atoms. The van der Waals surface area contributed by atoms with Crippen molar-refractivity contribution in [2.75, 3.05) is 19.8 Å². The fourth-order valence-corrected chi connectivity index (χ4v) is 2.70. The Bertz CT molecular complexity index is 871. The highest BCUT2D eigenvalue weighted by atomic mass is 32.2. The van der Waals surface area contributed by atoms with Crippen LogP contribution in [-0.2, 0) is 34.3 Å². The van der Waals surface area contributed by atoms with Crippen molar-refractivity contribution in [3.8, 4) is 0 Å². The summed E-state index contributed by atoms with van der Waals surface area (Å²) in [4.78, 5) is 58.6. The fourth-order valence-electron chi connectivity index (χ4n) is 2.01. The minimum atomic E-state index is -4.81. The van der Waals surface area contributed by atoms with Crippen molar-refractivity contribution in [3.05, 3.63) is 11.8 Å². The molecule has 168 valence electrons. The van der Waals surface area contributed by atoms with Crippen molar-refractivity contribution >= 4 is 39.8 Å². The molecule has 1 aliphatic rings. The van der Waals surface area contributed by atoms with Crippen molar-refractivity contribution in [2.45, 2.75) is 18.2 Å². The Morgan fingerprint density at radius 1 is 1.20 bits per heavy atom. The molecule has 16 nitrogen and oxygen atoms in total. The zero-order valence-corrected chi connectivity index (χ0v) is 15.8. The van der Waals surface area contributed by atoms with Crippen LogP contribution in [0.2, 0.25) is 0 Å². The maximum absolute atomic E-state index is 12.2. The van der Waals surface area contributed by atoms with E-state index in [1.165, 1.54) is 0 Å². The number of carbonyl (C=O) groups is 5. The summed E-state index contributed by atoms with van der Waals surface area (Å²) in [5.41, 5.74) is 4.11. The lowest BCUT2D eigenvalue weighted by Crippen LogP contribution is -2.65. The number of aliphatic hydroxyl groups excluding tert-OH is 3. The Balaban J connectivity index is 2.86. The smallest absolute Gasteiger partial charge is 0.362 e. The number of nitrogens with zero attached hydrogens (tertiary/aromatic N) is 1. The maximum Gasteiger partial charge on any atom is 0.362 e. The number of rotatable bonds is 10. The van der Waals surface area contributed by atoms with E-state index in [0.717, 1.165) is 0 Å². The average Bonchev–Trinajstić information content (AvgIpc) is 2.65. The Morgan fingerprint density at radius 3 is 2.23 bits per heavy atom. The Kier molecular flexibility index (Phi) is 8.37. The van der Waals surface area contributed by atoms with E-state index in [4.69, 9.17) is 20.5 Å². The first-order valence-electron chi connectivity index (χ1n) is 7.93. The molecule has 0 aromatic rings. The summed E-state index contributed by atoms with van der Waals surface area (Å²) in [6, 6.07) is -3.12. The second-order valence-corrected chi connectivity index (χ2v) is 7.10. The van der Waals surface area contributed by atoms with Crippen molar-refractivity contribution in [1.29, 1.82) is 0 Å². The average molecular weight is 453 g/mol. The molecule has 9 N–H and O–H groups in total. The van der Waals surface area contributed by atoms with Gasteiger partial charge in [-0.1, -0.05) is 0 Å². The highest BCUT2D eigenvalue weighted by Crippen LogP contribution is 2.14. The number of nitrogens with two attached hydrogens (primary N) is 1. The number of β-lactam (4-membered cyclic amide) rings is 1. The molecule has 5 amide bonds. The van der Waals surface area contributed by atoms with Gasteiger partial charge < -0.3 is 37.0 Å². The zero-order valence-electron chi connectivity index (χ0n) is 15.0. The number of hydrogen-bond donors (Lipinski definition) is 8. The number of amides is 5. The SMILES string of the molecule is NC(=O)/C=C(/NC(=O)[C@H](CO)NC(=O)[C@@H](O)CO)C(=O)N[C@H]1CN(S(=O)(=O)O)C1=O. The summed E-state index contributed by atoms with van der Waals surface area (Å²) in [7, 11) is -4.81. The van der Waals surface area contributed by atoms with Crippen LogP contribution in [0.3, 0.4) is 0 Å². The first kappa shape index (κ1) is 24.9. The van der Waals surface area contributed by atoms with Gasteiger partial charge in [0.15, 0.2) is 6.10 Å². The standard InChI is InChI=1S/C13H19N5O11S/c14-9(22)1-5(10(23)16-6-2-18(13(6)26)30(27,28)29)15-11(24)7(3-19)17-12(25)8(21)4-20/h1,6-8,19-21H,2-4H2,(H2,14,22)(H,15,24)(H,16,23)(H,17,25)(H,27,28,29)/b5-1+/t6-,7-,8-/m0/s1. The van der Waals surface area contributed by atoms with Crippen molar-refractivity contribution in [3.63, 3.8) is 0 Å². The lowest BCUT2D eigenvalue weighted by Gasteiger charge is -2.35. The first-order chi connectivity index (χ1) is 13.8. The molecule has 17 heteroatoms. The molecule has 1 aliphatic heterocycles. The predicted octanol–water partition coefficient (Wildman–Crippen LogP) is -6.57. The largest absolute Gasteiger partial charge is 0.394 e. The molecule has 1 saturated heterocycles. The summed E-state index contributed by atoms with van der Waals surface area (Å²) in [6.45, 7) is -2.60. The van der Waals surface area contributed by atoms with E-state index in [1.807, 2.05) is 16.0 Å². The molecule has 0 saturated carbocycles. The molecule has 0 aliphatic carbocycles. The highest BCUT2D eigenvalue weighted by Gasteiger charge is 2.44. The van der Waals surface area contributed by atoms with E-state index in [0.29, 0.717) is 6.08 Å². The molecule has 0 aromatic heterocycles. The molecule has 1 fully saturated rings. The third-order valence-electron chi connectivity index (χ3n) is 3.56. The van der Waals surface area contributed by atoms with Crippen LogP contribution in [-0.4, -0.2) is 100 Å². The zero-order chi connectivity index (χ0) is 23.2. The number of hydrogen-bond acceptors (Lipinski definition) is 10. The summed E-state index contributed by atoms with van der Waals surface area (Å²) in [5.74, 6) is -6.11. The lowest BCUT2D eigenvalue weighted by atomic mass is 10.1. The maximum atomic E-state index is 12.2. The van der Waals surface area contributed by atoms with Crippen molar-refractivity contribution in [1.82, 2.24) is 20.3 Å². The monoisotopic (exact) mass is 453 g/mol. The van der Waals surface area contributed by atoms with Crippen LogP contribution in [0.1, 0.15) is 0 Å². The normalized spacial score (nSPS) is 18.7. The van der Waals surface area contributed by atoms with E-state index in [9.17, 15) is 37.5 Å². The second kappa shape index (κ2) is 10.1. The molecule has 0 radical (unpaired) electrons. The van der Waals surface area contributed by atoms with E-state index in [2.05, 4.69) is 0 Å². The van der Waals surface area contributed by atoms with Crippen LogP contribution in [0.25, 0.3) is 0 Å². The topological polar surface area (TPSA) is 266 Å². The number of aliphatic hydroxyl groups is 3. The van der Waals surface area contributed by atoms with Crippen LogP contribution in [0, 0.1) is 0 Å². The van der Waals surface area contributed by atoms with Gasteiger partial charge in [0.05, 0.1) is 19.8 Å². The Hall–Kier alpha value is -3.12. The van der Waals surface area contributed by atoms with Crippen LogP contribution in [0.4, 0.5) is 0 Å². The van der Waals surface area contributed by atoms with Crippen molar-refractivity contribution in [2.24, 2.45) is 5.73 Å². The Labute approximate surface area is 168 Å². The molecule has 0 aromatic carbocycles. The third kappa shape index (κ3) is 6.46. The van der Waals surface area contributed by atoms with Crippen LogP contribution in [0.5, 0.6) is 0 Å². The van der Waals surface area contributed by atoms with Crippen LogP contribution in [0.15, 0.2) is 11.8 Å². The molecule has 0 bridgehead atoms. The molecule has 1 rings (SSSR count). The number of nitrogens with one attached hydrogen (secondary N) is 3. The van der Waals surface area contributed by atoms with Gasteiger partial charge in [-0.05, 0) is 0 Å². The van der Waals surface area contributed by atoms with E-state index in [1.54, 1.807) is 0 Å². The van der Waals surface area contributed by atoms with E-state index >= 15 is 0 Å². The summed E-state index contributed by atoms with van der Waals surface area (Å²) in [5, 5.41) is 32.8. The molecule has 3 atom stereocenters. The summed E-state index contributed by atoms with van der Waals surface area (Å²) < 4.78 is 30.6. The molecule has 0 unspecified atom stereocenters. The molecular formula is C13H19N5O11S. The summed E-state index contributed by atoms with van der Waals surface area (Å²) in [6.07, 6.45) is -1.46. The van der Waals surface area contributed by atoms with Gasteiger partial charge >= 0.3 is 10.3 Å². The minimum Gasteiger partial charge on any atom is -0.394 e. The van der Waals surface area contributed by atoms with E-state index < -0.39 is 83.5 Å². The van der Waals surface area contributed by atoms with Gasteiger partial charge in [-0.15, -0.1) is 0 Å². The fraction of sp³-hybridized carbons (Fsp3) is 0.462.